The van der Waals surface area contributed by atoms with Crippen molar-refractivity contribution in [2.24, 2.45) is 0 Å². The molecule has 1 fully saturated rings. The Morgan fingerprint density at radius 2 is 1.76 bits per heavy atom. The number of rotatable bonds is 6. The number of halogens is 6. The van der Waals surface area contributed by atoms with Gasteiger partial charge in [0.05, 0.1) is 29.1 Å². The minimum atomic E-state index is -5.00. The summed E-state index contributed by atoms with van der Waals surface area (Å²) in [5.41, 5.74) is -2.78. The van der Waals surface area contributed by atoms with E-state index in [1.807, 2.05) is 0 Å². The van der Waals surface area contributed by atoms with Crippen LogP contribution in [0.3, 0.4) is 0 Å². The number of aliphatic hydroxyl groups is 1. The lowest BCUT2D eigenvalue weighted by Gasteiger charge is -2.18. The Bertz CT molecular complexity index is 880. The molecule has 0 bridgehead atoms. The summed E-state index contributed by atoms with van der Waals surface area (Å²) in [6.45, 7) is 1.45. The monoisotopic (exact) mass is 420 g/mol. The van der Waals surface area contributed by atoms with Crippen LogP contribution in [-0.2, 0) is 12.4 Å². The Morgan fingerprint density at radius 1 is 1.07 bits per heavy atom. The summed E-state index contributed by atoms with van der Waals surface area (Å²) in [5.74, 6) is 0.275. The van der Waals surface area contributed by atoms with Crippen molar-refractivity contribution in [2.45, 2.75) is 44.1 Å². The molecular formula is C18H18F6N4O. The average Bonchev–Trinajstić information content (AvgIpc) is 3.45. The highest BCUT2D eigenvalue weighted by atomic mass is 19.4. The molecular weight excluding hydrogens is 402 g/mol. The van der Waals surface area contributed by atoms with Gasteiger partial charge in [-0.05, 0) is 38.0 Å². The van der Waals surface area contributed by atoms with Crippen LogP contribution in [0.25, 0.3) is 0 Å². The van der Waals surface area contributed by atoms with E-state index in [0.29, 0.717) is 11.8 Å². The molecule has 11 heteroatoms. The van der Waals surface area contributed by atoms with E-state index in [0.717, 1.165) is 18.9 Å². The zero-order valence-electron chi connectivity index (χ0n) is 15.2. The summed E-state index contributed by atoms with van der Waals surface area (Å²) in [4.78, 5) is 8.39. The lowest BCUT2D eigenvalue weighted by molar-refractivity contribution is -0.142. The smallest absolute Gasteiger partial charge is 0.394 e. The van der Waals surface area contributed by atoms with E-state index in [-0.39, 0.29) is 30.4 Å². The van der Waals surface area contributed by atoms with E-state index in [1.165, 1.54) is 6.07 Å². The van der Waals surface area contributed by atoms with Crippen LogP contribution in [0.1, 0.15) is 42.5 Å². The number of alkyl halides is 6. The molecule has 0 radical (unpaired) electrons. The second-order valence-corrected chi connectivity index (χ2v) is 6.88. The Hall–Kier alpha value is -2.56. The Kier molecular flexibility index (Phi) is 5.61. The molecule has 2 aromatic rings. The van der Waals surface area contributed by atoms with Crippen LogP contribution in [-0.4, -0.2) is 27.7 Å². The summed E-state index contributed by atoms with van der Waals surface area (Å²) >= 11 is 0. The lowest BCUT2D eigenvalue weighted by atomic mass is 10.1. The van der Waals surface area contributed by atoms with E-state index in [1.54, 1.807) is 6.92 Å². The first-order valence-electron chi connectivity index (χ1n) is 8.79. The predicted octanol–water partition coefficient (Wildman–Crippen LogP) is 4.93. The number of nitrogens with zero attached hydrogens (tertiary/aromatic N) is 2. The average molecular weight is 420 g/mol. The number of aliphatic hydroxyl groups excluding tert-OH is 1. The molecule has 1 heterocycles. The molecule has 1 aromatic heterocycles. The number of hydrogen-bond acceptors (Lipinski definition) is 5. The zero-order chi connectivity index (χ0) is 21.4. The minimum Gasteiger partial charge on any atom is -0.394 e. The van der Waals surface area contributed by atoms with Crippen molar-refractivity contribution in [3.8, 4) is 0 Å². The van der Waals surface area contributed by atoms with Crippen LogP contribution in [0, 0.1) is 0 Å². The molecule has 0 saturated heterocycles. The van der Waals surface area contributed by atoms with E-state index in [9.17, 15) is 26.3 Å². The highest BCUT2D eigenvalue weighted by Gasteiger charge is 2.38. The summed E-state index contributed by atoms with van der Waals surface area (Å²) < 4.78 is 78.6. The SMILES string of the molecule is C[C@@H](CO)Nc1nc(Nc2ccc(C(F)(F)F)cc2C(F)(F)F)cc(C2CC2)n1. The number of nitrogens with one attached hydrogen (secondary N) is 2. The second-order valence-electron chi connectivity index (χ2n) is 6.88. The lowest BCUT2D eigenvalue weighted by Crippen LogP contribution is -2.21. The first kappa shape index (κ1) is 21.2. The molecule has 3 N–H and O–H groups in total. The third-order valence-corrected chi connectivity index (χ3v) is 4.31. The van der Waals surface area contributed by atoms with Gasteiger partial charge < -0.3 is 15.7 Å². The minimum absolute atomic E-state index is 0.0137. The number of hydrogen-bond donors (Lipinski definition) is 3. The fourth-order valence-corrected chi connectivity index (χ4v) is 2.65. The maximum absolute atomic E-state index is 13.4. The largest absolute Gasteiger partial charge is 0.418 e. The van der Waals surface area contributed by atoms with Crippen LogP contribution in [0.2, 0.25) is 0 Å². The van der Waals surface area contributed by atoms with Gasteiger partial charge in [-0.3, -0.25) is 0 Å². The van der Waals surface area contributed by atoms with Crippen molar-refractivity contribution in [1.29, 1.82) is 0 Å². The Balaban J connectivity index is 1.98. The van der Waals surface area contributed by atoms with Crippen LogP contribution in [0.15, 0.2) is 24.3 Å². The highest BCUT2D eigenvalue weighted by Crippen LogP contribution is 2.42. The van der Waals surface area contributed by atoms with Crippen LogP contribution >= 0.6 is 0 Å². The fourth-order valence-electron chi connectivity index (χ4n) is 2.65. The van der Waals surface area contributed by atoms with E-state index in [4.69, 9.17) is 5.11 Å². The summed E-state index contributed by atoms with van der Waals surface area (Å²) in [6, 6.07) is 2.46. The van der Waals surface area contributed by atoms with Gasteiger partial charge in [0, 0.05) is 18.0 Å². The summed E-state index contributed by atoms with van der Waals surface area (Å²) in [5, 5.41) is 14.5. The first-order valence-corrected chi connectivity index (χ1v) is 8.79. The molecule has 29 heavy (non-hydrogen) atoms. The third kappa shape index (κ3) is 5.28. The predicted molar refractivity (Wildman–Crippen MR) is 93.9 cm³/mol. The zero-order valence-corrected chi connectivity index (χ0v) is 15.2. The molecule has 0 amide bonds. The van der Waals surface area contributed by atoms with Crippen molar-refractivity contribution in [3.05, 3.63) is 41.1 Å². The molecule has 1 saturated carbocycles. The quantitative estimate of drug-likeness (QED) is 0.579. The molecule has 1 atom stereocenters. The molecule has 1 aromatic carbocycles. The molecule has 0 spiro atoms. The van der Waals surface area contributed by atoms with Crippen molar-refractivity contribution < 1.29 is 31.4 Å². The van der Waals surface area contributed by atoms with Gasteiger partial charge in [0.25, 0.3) is 0 Å². The fraction of sp³-hybridized carbons (Fsp3) is 0.444. The Morgan fingerprint density at radius 3 is 2.31 bits per heavy atom. The number of anilines is 3. The van der Waals surface area contributed by atoms with E-state index >= 15 is 0 Å². The van der Waals surface area contributed by atoms with Gasteiger partial charge >= 0.3 is 12.4 Å². The number of aromatic nitrogens is 2. The van der Waals surface area contributed by atoms with Gasteiger partial charge in [-0.15, -0.1) is 0 Å². The first-order chi connectivity index (χ1) is 13.5. The van der Waals surface area contributed by atoms with Crippen molar-refractivity contribution in [2.75, 3.05) is 17.2 Å². The van der Waals surface area contributed by atoms with Crippen molar-refractivity contribution >= 4 is 17.5 Å². The van der Waals surface area contributed by atoms with Gasteiger partial charge in [-0.25, -0.2) is 4.98 Å². The molecule has 3 rings (SSSR count). The van der Waals surface area contributed by atoms with Gasteiger partial charge in [-0.1, -0.05) is 0 Å². The summed E-state index contributed by atoms with van der Waals surface area (Å²) in [7, 11) is 0. The van der Waals surface area contributed by atoms with Crippen molar-refractivity contribution in [1.82, 2.24) is 9.97 Å². The summed E-state index contributed by atoms with van der Waals surface area (Å²) in [6.07, 6.45) is -8.15. The van der Waals surface area contributed by atoms with Crippen molar-refractivity contribution in [3.63, 3.8) is 0 Å². The van der Waals surface area contributed by atoms with Gasteiger partial charge in [-0.2, -0.15) is 31.3 Å². The van der Waals surface area contributed by atoms with Crippen LogP contribution in [0.4, 0.5) is 43.8 Å². The standard InChI is InChI=1S/C18H18F6N4O/c1-9(8-29)25-16-27-14(10-2-3-10)7-15(28-16)26-13-5-4-11(17(19,20)21)6-12(13)18(22,23)24/h4-7,9-10,29H,2-3,8H2,1H3,(H2,25,26,27,28)/t9-/m0/s1. The molecule has 0 unspecified atom stereocenters. The van der Waals surface area contributed by atoms with Crippen LogP contribution in [0.5, 0.6) is 0 Å². The molecule has 158 valence electrons. The third-order valence-electron chi connectivity index (χ3n) is 4.31. The molecule has 1 aliphatic carbocycles. The van der Waals surface area contributed by atoms with E-state index in [2.05, 4.69) is 20.6 Å². The molecule has 5 nitrogen and oxygen atoms in total. The molecule has 0 aliphatic heterocycles. The molecule has 1 aliphatic rings. The maximum Gasteiger partial charge on any atom is 0.418 e. The van der Waals surface area contributed by atoms with Gasteiger partial charge in [0.15, 0.2) is 0 Å². The van der Waals surface area contributed by atoms with Gasteiger partial charge in [0.1, 0.15) is 5.82 Å². The number of benzene rings is 1. The van der Waals surface area contributed by atoms with Gasteiger partial charge in [0.2, 0.25) is 5.95 Å². The van der Waals surface area contributed by atoms with E-state index < -0.39 is 35.2 Å². The second kappa shape index (κ2) is 7.69. The maximum atomic E-state index is 13.4. The normalized spacial score (nSPS) is 15.9. The highest BCUT2D eigenvalue weighted by molar-refractivity contribution is 5.63. The topological polar surface area (TPSA) is 70.1 Å². The Labute approximate surface area is 162 Å². The van der Waals surface area contributed by atoms with Crippen LogP contribution < -0.4 is 10.6 Å².